The van der Waals surface area contributed by atoms with Crippen LogP contribution in [-0.2, 0) is 9.53 Å². The van der Waals surface area contributed by atoms with Crippen molar-refractivity contribution >= 4 is 17.6 Å². The van der Waals surface area contributed by atoms with Gasteiger partial charge in [-0.05, 0) is 18.6 Å². The van der Waals surface area contributed by atoms with E-state index in [1.165, 1.54) is 7.11 Å². The van der Waals surface area contributed by atoms with E-state index < -0.39 is 12.1 Å². The number of ether oxygens (including phenoxy) is 3. The van der Waals surface area contributed by atoms with Gasteiger partial charge in [0.15, 0.2) is 17.6 Å². The number of fused-ring (bicyclic) bond motifs is 1. The van der Waals surface area contributed by atoms with Gasteiger partial charge in [-0.25, -0.2) is 4.79 Å². The van der Waals surface area contributed by atoms with Crippen molar-refractivity contribution in [1.29, 1.82) is 0 Å². The number of rotatable bonds is 2. The Bertz CT molecular complexity index is 471. The van der Waals surface area contributed by atoms with Gasteiger partial charge >= 0.3 is 5.97 Å². The van der Waals surface area contributed by atoms with Crippen LogP contribution in [0.1, 0.15) is 17.2 Å². The number of aliphatic hydroxyl groups excluding tert-OH is 1. The van der Waals surface area contributed by atoms with Gasteiger partial charge in [-0.3, -0.25) is 0 Å². The predicted octanol–water partition coefficient (Wildman–Crippen LogP) is 1.58. The lowest BCUT2D eigenvalue weighted by atomic mass is 10.0. The van der Waals surface area contributed by atoms with Crippen molar-refractivity contribution in [2.24, 2.45) is 0 Å². The molecule has 1 aliphatic heterocycles. The Morgan fingerprint density at radius 3 is 2.94 bits per heavy atom. The van der Waals surface area contributed by atoms with Crippen molar-refractivity contribution in [1.82, 2.24) is 0 Å². The fraction of sp³-hybridized carbons (Fsp3) is 0.364. The van der Waals surface area contributed by atoms with E-state index in [0.717, 1.165) is 0 Å². The number of halogens is 1. The molecule has 1 aromatic rings. The lowest BCUT2D eigenvalue weighted by Gasteiger charge is -2.14. The molecule has 0 aromatic heterocycles. The highest BCUT2D eigenvalue weighted by Crippen LogP contribution is 2.44. The van der Waals surface area contributed by atoms with Crippen LogP contribution in [0.3, 0.4) is 0 Å². The van der Waals surface area contributed by atoms with Crippen molar-refractivity contribution < 1.29 is 24.1 Å². The number of methoxy groups -OCH3 is 1. The number of esters is 1. The zero-order chi connectivity index (χ0) is 12.6. The Morgan fingerprint density at radius 1 is 1.59 bits per heavy atom. The first-order valence-corrected chi connectivity index (χ1v) is 5.28. The predicted molar refractivity (Wildman–Crippen MR) is 59.3 cm³/mol. The highest BCUT2D eigenvalue weighted by Gasteiger charge is 2.29. The first-order chi connectivity index (χ1) is 8.06. The third-order valence-corrected chi connectivity index (χ3v) is 2.92. The molecule has 0 spiro atoms. The molecule has 1 aromatic carbocycles. The summed E-state index contributed by atoms with van der Waals surface area (Å²) in [7, 11) is 1.20. The quantitative estimate of drug-likeness (QED) is 0.816. The van der Waals surface area contributed by atoms with Crippen LogP contribution in [-0.4, -0.2) is 25.0 Å². The number of hydrogen-bond acceptors (Lipinski definition) is 5. The minimum atomic E-state index is -1.43. The summed E-state index contributed by atoms with van der Waals surface area (Å²) in [4.78, 5) is 11.3. The molecular weight excluding hydrogens is 248 g/mol. The fourth-order valence-corrected chi connectivity index (χ4v) is 2.10. The second kappa shape index (κ2) is 4.43. The van der Waals surface area contributed by atoms with E-state index in [2.05, 4.69) is 4.74 Å². The van der Waals surface area contributed by atoms with Crippen molar-refractivity contribution in [3.63, 3.8) is 0 Å². The molecule has 2 rings (SSSR count). The van der Waals surface area contributed by atoms with Crippen molar-refractivity contribution in [2.75, 3.05) is 13.9 Å². The molecule has 6 heteroatoms. The molecule has 1 N–H and O–H groups in total. The zero-order valence-corrected chi connectivity index (χ0v) is 10.1. The molecule has 1 aliphatic rings. The largest absolute Gasteiger partial charge is 0.467 e. The SMILES string of the molecule is COC(=O)C(O)c1c(C)cc2c(c1Cl)OCO2. The summed E-state index contributed by atoms with van der Waals surface area (Å²) in [5.74, 6) is 0.0809. The van der Waals surface area contributed by atoms with Crippen LogP contribution in [0, 0.1) is 6.92 Å². The minimum Gasteiger partial charge on any atom is -0.467 e. The molecule has 1 atom stereocenters. The molecule has 0 aliphatic carbocycles. The van der Waals surface area contributed by atoms with Crippen LogP contribution < -0.4 is 9.47 Å². The maximum atomic E-state index is 11.3. The average Bonchev–Trinajstić information content (AvgIpc) is 2.75. The summed E-state index contributed by atoms with van der Waals surface area (Å²) in [6, 6.07) is 1.66. The third-order valence-electron chi connectivity index (χ3n) is 2.55. The molecule has 92 valence electrons. The van der Waals surface area contributed by atoms with Gasteiger partial charge in [-0.2, -0.15) is 0 Å². The van der Waals surface area contributed by atoms with Crippen LogP contribution in [0.4, 0.5) is 0 Å². The third kappa shape index (κ3) is 1.92. The first-order valence-electron chi connectivity index (χ1n) is 4.90. The first kappa shape index (κ1) is 12.0. The van der Waals surface area contributed by atoms with Crippen LogP contribution in [0.15, 0.2) is 6.07 Å². The smallest absolute Gasteiger partial charge is 0.339 e. The molecule has 0 radical (unpaired) electrons. The van der Waals surface area contributed by atoms with Gasteiger partial charge in [0.25, 0.3) is 0 Å². The molecule has 1 unspecified atom stereocenters. The van der Waals surface area contributed by atoms with Gasteiger partial charge < -0.3 is 19.3 Å². The van der Waals surface area contributed by atoms with Gasteiger partial charge in [0.05, 0.1) is 12.1 Å². The monoisotopic (exact) mass is 258 g/mol. The Balaban J connectivity index is 2.51. The Labute approximate surface area is 103 Å². The van der Waals surface area contributed by atoms with E-state index in [1.807, 2.05) is 0 Å². The number of benzene rings is 1. The van der Waals surface area contributed by atoms with Gasteiger partial charge in [0.1, 0.15) is 0 Å². The topological polar surface area (TPSA) is 65.0 Å². The molecule has 0 fully saturated rings. The summed E-state index contributed by atoms with van der Waals surface area (Å²) in [5, 5.41) is 10.0. The lowest BCUT2D eigenvalue weighted by Crippen LogP contribution is -2.15. The molecule has 17 heavy (non-hydrogen) atoms. The van der Waals surface area contributed by atoms with E-state index in [1.54, 1.807) is 13.0 Å². The second-order valence-corrected chi connectivity index (χ2v) is 3.96. The zero-order valence-electron chi connectivity index (χ0n) is 9.32. The van der Waals surface area contributed by atoms with Crippen molar-refractivity contribution in [3.05, 3.63) is 22.2 Å². The summed E-state index contributed by atoms with van der Waals surface area (Å²) < 4.78 is 14.8. The van der Waals surface area contributed by atoms with Gasteiger partial charge in [0, 0.05) is 5.56 Å². The molecule has 0 saturated heterocycles. The van der Waals surface area contributed by atoms with Crippen LogP contribution in [0.25, 0.3) is 0 Å². The molecular formula is C11H11ClO5. The standard InChI is InChI=1S/C11H11ClO5/c1-5-3-6-10(17-4-16-6)8(12)7(5)9(13)11(14)15-2/h3,9,13H,4H2,1-2H3. The summed E-state index contributed by atoms with van der Waals surface area (Å²) in [5.41, 5.74) is 0.917. The maximum Gasteiger partial charge on any atom is 0.339 e. The average molecular weight is 259 g/mol. The van der Waals surface area contributed by atoms with Gasteiger partial charge in [-0.15, -0.1) is 0 Å². The molecule has 0 bridgehead atoms. The number of carbonyl (C=O) groups excluding carboxylic acids is 1. The van der Waals surface area contributed by atoms with E-state index in [0.29, 0.717) is 17.1 Å². The van der Waals surface area contributed by atoms with Gasteiger partial charge in [0.2, 0.25) is 6.79 Å². The Kier molecular flexibility index (Phi) is 3.13. The molecule has 5 nitrogen and oxygen atoms in total. The van der Waals surface area contributed by atoms with E-state index in [4.69, 9.17) is 21.1 Å². The minimum absolute atomic E-state index is 0.0757. The van der Waals surface area contributed by atoms with Crippen molar-refractivity contribution in [3.8, 4) is 11.5 Å². The van der Waals surface area contributed by atoms with Crippen LogP contribution >= 0.6 is 11.6 Å². The van der Waals surface area contributed by atoms with E-state index >= 15 is 0 Å². The summed E-state index contributed by atoms with van der Waals surface area (Å²) in [6.07, 6.45) is -1.43. The molecule has 1 heterocycles. The highest BCUT2D eigenvalue weighted by atomic mass is 35.5. The number of aliphatic hydroxyl groups is 1. The molecule has 0 saturated carbocycles. The second-order valence-electron chi connectivity index (χ2n) is 3.58. The summed E-state index contributed by atoms with van der Waals surface area (Å²) in [6.45, 7) is 1.79. The summed E-state index contributed by atoms with van der Waals surface area (Å²) >= 11 is 6.08. The molecule has 0 amide bonds. The lowest BCUT2D eigenvalue weighted by molar-refractivity contribution is -0.150. The Morgan fingerprint density at radius 2 is 2.29 bits per heavy atom. The highest BCUT2D eigenvalue weighted by molar-refractivity contribution is 6.33. The van der Waals surface area contributed by atoms with Gasteiger partial charge in [-0.1, -0.05) is 11.6 Å². The normalized spacial score (nSPS) is 14.6. The Hall–Kier alpha value is -1.46. The number of aryl methyl sites for hydroxylation is 1. The number of hydrogen-bond donors (Lipinski definition) is 1. The van der Waals surface area contributed by atoms with Crippen LogP contribution in [0.5, 0.6) is 11.5 Å². The van der Waals surface area contributed by atoms with E-state index in [9.17, 15) is 9.90 Å². The fourth-order valence-electron chi connectivity index (χ4n) is 1.70. The number of carbonyl (C=O) groups is 1. The maximum absolute atomic E-state index is 11.3. The van der Waals surface area contributed by atoms with Crippen molar-refractivity contribution in [2.45, 2.75) is 13.0 Å². The van der Waals surface area contributed by atoms with Crippen LogP contribution in [0.2, 0.25) is 5.02 Å². The van der Waals surface area contributed by atoms with E-state index in [-0.39, 0.29) is 17.4 Å².